The van der Waals surface area contributed by atoms with E-state index < -0.39 is 11.6 Å². The van der Waals surface area contributed by atoms with E-state index in [0.29, 0.717) is 0 Å². The van der Waals surface area contributed by atoms with Crippen molar-refractivity contribution in [1.29, 1.82) is 0 Å². The summed E-state index contributed by atoms with van der Waals surface area (Å²) in [4.78, 5) is 0. The summed E-state index contributed by atoms with van der Waals surface area (Å²) in [5.74, 6) is -1.25. The molecule has 0 saturated heterocycles. The maximum Gasteiger partial charge on any atom is 0.168 e. The lowest BCUT2D eigenvalue weighted by atomic mass is 10.2. The van der Waals surface area contributed by atoms with Crippen LogP contribution in [0, 0.1) is 18.6 Å². The first-order valence-corrected chi connectivity index (χ1v) is 3.93. The fraction of sp³-hybridized carbons (Fsp3) is 0.125. The fourth-order valence-corrected chi connectivity index (χ4v) is 0.978. The molecule has 70 valence electrons. The van der Waals surface area contributed by atoms with Gasteiger partial charge in [-0.1, -0.05) is 0 Å². The van der Waals surface area contributed by atoms with Crippen molar-refractivity contribution in [2.45, 2.75) is 6.92 Å². The number of thiocarbonyl (C=S) groups is 1. The van der Waals surface area contributed by atoms with Crippen LogP contribution in [-0.4, -0.2) is 5.11 Å². The molecule has 0 fully saturated rings. The minimum Gasteiger partial charge on any atom is -0.376 e. The van der Waals surface area contributed by atoms with Crippen LogP contribution in [-0.2, 0) is 0 Å². The number of hydrogen-bond acceptors (Lipinski definition) is 1. The average Bonchev–Trinajstić information content (AvgIpc) is 1.98. The Kier molecular flexibility index (Phi) is 2.77. The molecule has 1 rings (SSSR count). The molecule has 0 aliphatic heterocycles. The number of nitrogens with two attached hydrogens (primary N) is 1. The molecule has 0 saturated carbocycles. The van der Waals surface area contributed by atoms with Gasteiger partial charge in [-0.05, 0) is 31.3 Å². The number of benzene rings is 1. The van der Waals surface area contributed by atoms with E-state index in [1.165, 1.54) is 6.92 Å². The van der Waals surface area contributed by atoms with Gasteiger partial charge in [-0.25, -0.2) is 8.78 Å². The molecule has 0 amide bonds. The third-order valence-electron chi connectivity index (χ3n) is 1.55. The monoisotopic (exact) mass is 202 g/mol. The molecule has 1 aromatic rings. The van der Waals surface area contributed by atoms with Crippen LogP contribution >= 0.6 is 12.2 Å². The highest BCUT2D eigenvalue weighted by molar-refractivity contribution is 7.80. The second-order valence-corrected chi connectivity index (χ2v) is 2.99. The lowest BCUT2D eigenvalue weighted by Crippen LogP contribution is -2.19. The molecule has 0 spiro atoms. The van der Waals surface area contributed by atoms with E-state index in [0.717, 1.165) is 12.1 Å². The van der Waals surface area contributed by atoms with Gasteiger partial charge in [0.15, 0.2) is 5.11 Å². The molecular formula is C8H8F2N2S. The Labute approximate surface area is 79.7 Å². The third kappa shape index (κ3) is 2.35. The number of halogens is 2. The van der Waals surface area contributed by atoms with E-state index in [9.17, 15) is 8.78 Å². The second-order valence-electron chi connectivity index (χ2n) is 2.55. The lowest BCUT2D eigenvalue weighted by Gasteiger charge is -2.05. The summed E-state index contributed by atoms with van der Waals surface area (Å²) in [5.41, 5.74) is 5.33. The van der Waals surface area contributed by atoms with Crippen LogP contribution in [0.5, 0.6) is 0 Å². The average molecular weight is 202 g/mol. The van der Waals surface area contributed by atoms with E-state index >= 15 is 0 Å². The van der Waals surface area contributed by atoms with Crippen LogP contribution in [0.4, 0.5) is 14.5 Å². The van der Waals surface area contributed by atoms with Crippen molar-refractivity contribution < 1.29 is 8.78 Å². The van der Waals surface area contributed by atoms with Crippen molar-refractivity contribution in [2.24, 2.45) is 5.73 Å². The zero-order chi connectivity index (χ0) is 10.0. The fourth-order valence-electron chi connectivity index (χ4n) is 0.860. The zero-order valence-electron chi connectivity index (χ0n) is 6.90. The normalized spacial score (nSPS) is 9.77. The lowest BCUT2D eigenvalue weighted by molar-refractivity contribution is 0.569. The molecule has 0 heterocycles. The molecule has 0 unspecified atom stereocenters. The van der Waals surface area contributed by atoms with Crippen molar-refractivity contribution in [1.82, 2.24) is 0 Å². The number of nitrogens with one attached hydrogen (secondary N) is 1. The Hall–Kier alpha value is -1.23. The van der Waals surface area contributed by atoms with E-state index in [1.54, 1.807) is 0 Å². The summed E-state index contributed by atoms with van der Waals surface area (Å²) < 4.78 is 25.9. The molecule has 0 aromatic heterocycles. The predicted molar refractivity (Wildman–Crippen MR) is 51.5 cm³/mol. The predicted octanol–water partition coefficient (Wildman–Crippen LogP) is 1.93. The summed E-state index contributed by atoms with van der Waals surface area (Å²) in [6.45, 7) is 1.36. The summed E-state index contributed by atoms with van der Waals surface area (Å²) in [5, 5.41) is 2.42. The van der Waals surface area contributed by atoms with Crippen LogP contribution in [0.3, 0.4) is 0 Å². The quantitative estimate of drug-likeness (QED) is 0.683. The Morgan fingerprint density at radius 3 is 2.23 bits per heavy atom. The molecular weight excluding hydrogens is 194 g/mol. The molecule has 2 nitrogen and oxygen atoms in total. The van der Waals surface area contributed by atoms with Gasteiger partial charge in [0.05, 0.1) is 0 Å². The van der Waals surface area contributed by atoms with Gasteiger partial charge in [0.1, 0.15) is 11.6 Å². The first-order valence-electron chi connectivity index (χ1n) is 3.53. The zero-order valence-corrected chi connectivity index (χ0v) is 7.71. The molecule has 0 aliphatic carbocycles. The summed E-state index contributed by atoms with van der Waals surface area (Å²) >= 11 is 4.52. The molecule has 0 bridgehead atoms. The van der Waals surface area contributed by atoms with Crippen molar-refractivity contribution in [3.05, 3.63) is 29.3 Å². The van der Waals surface area contributed by atoms with Crippen LogP contribution in [0.2, 0.25) is 0 Å². The van der Waals surface area contributed by atoms with Gasteiger partial charge < -0.3 is 11.1 Å². The number of anilines is 1. The highest BCUT2D eigenvalue weighted by Crippen LogP contribution is 2.17. The SMILES string of the molecule is Cc1c(F)cc(NC(N)=S)cc1F. The van der Waals surface area contributed by atoms with Crippen LogP contribution < -0.4 is 11.1 Å². The van der Waals surface area contributed by atoms with Gasteiger partial charge in [0.2, 0.25) is 0 Å². The maximum atomic E-state index is 12.9. The van der Waals surface area contributed by atoms with Crippen LogP contribution in [0.1, 0.15) is 5.56 Å². The highest BCUT2D eigenvalue weighted by atomic mass is 32.1. The standard InChI is InChI=1S/C8H8F2N2S/c1-4-6(9)2-5(3-7(4)10)12-8(11)13/h2-3H,1H3,(H3,11,12,13). The molecule has 13 heavy (non-hydrogen) atoms. The highest BCUT2D eigenvalue weighted by Gasteiger charge is 2.06. The third-order valence-corrected chi connectivity index (χ3v) is 1.65. The second kappa shape index (κ2) is 3.66. The molecule has 0 radical (unpaired) electrons. The van der Waals surface area contributed by atoms with Crippen molar-refractivity contribution in [3.8, 4) is 0 Å². The minimum atomic E-state index is -0.626. The minimum absolute atomic E-state index is 0.0199. The Bertz CT molecular complexity index is 329. The first kappa shape index (κ1) is 9.85. The molecule has 0 aliphatic rings. The largest absolute Gasteiger partial charge is 0.376 e. The molecule has 0 atom stereocenters. The van der Waals surface area contributed by atoms with Gasteiger partial charge in [-0.15, -0.1) is 0 Å². The number of hydrogen-bond donors (Lipinski definition) is 2. The smallest absolute Gasteiger partial charge is 0.168 e. The Morgan fingerprint density at radius 1 is 1.38 bits per heavy atom. The van der Waals surface area contributed by atoms with Gasteiger partial charge in [-0.2, -0.15) is 0 Å². The van der Waals surface area contributed by atoms with Crippen molar-refractivity contribution in [3.63, 3.8) is 0 Å². The van der Waals surface area contributed by atoms with Gasteiger partial charge >= 0.3 is 0 Å². The topological polar surface area (TPSA) is 38.0 Å². The van der Waals surface area contributed by atoms with Gasteiger partial charge in [-0.3, -0.25) is 0 Å². The van der Waals surface area contributed by atoms with E-state index in [4.69, 9.17) is 5.73 Å². The van der Waals surface area contributed by atoms with Crippen molar-refractivity contribution >= 4 is 23.0 Å². The van der Waals surface area contributed by atoms with E-state index in [2.05, 4.69) is 17.5 Å². The molecule has 5 heteroatoms. The summed E-state index contributed by atoms with van der Waals surface area (Å²) in [6, 6.07) is 2.27. The Morgan fingerprint density at radius 2 is 1.85 bits per heavy atom. The number of rotatable bonds is 1. The first-order chi connectivity index (χ1) is 6.00. The molecule has 3 N–H and O–H groups in total. The summed E-state index contributed by atoms with van der Waals surface area (Å²) in [6.07, 6.45) is 0. The van der Waals surface area contributed by atoms with E-state index in [1.807, 2.05) is 0 Å². The molecule has 1 aromatic carbocycles. The maximum absolute atomic E-state index is 12.9. The van der Waals surface area contributed by atoms with Crippen LogP contribution in [0.15, 0.2) is 12.1 Å². The summed E-state index contributed by atoms with van der Waals surface area (Å²) in [7, 11) is 0. The van der Waals surface area contributed by atoms with E-state index in [-0.39, 0.29) is 16.4 Å². The van der Waals surface area contributed by atoms with Crippen LogP contribution in [0.25, 0.3) is 0 Å². The van der Waals surface area contributed by atoms with Gasteiger partial charge in [0.25, 0.3) is 0 Å². The Balaban J connectivity index is 3.06. The van der Waals surface area contributed by atoms with Crippen molar-refractivity contribution in [2.75, 3.05) is 5.32 Å². The van der Waals surface area contributed by atoms with Gasteiger partial charge in [0, 0.05) is 11.3 Å².